The standard InChI is InChI=1S/C17H31NO2/c1-6-9-11-13-18(14-12-10-7-2)16(8-3)20-17(19)15(4)5/h8,16H,3-4,6-7,9-14H2,1-2,5H3. The van der Waals surface area contributed by atoms with Crippen molar-refractivity contribution < 1.29 is 9.53 Å². The van der Waals surface area contributed by atoms with Gasteiger partial charge in [0.15, 0.2) is 6.23 Å². The monoisotopic (exact) mass is 281 g/mol. The van der Waals surface area contributed by atoms with Crippen LogP contribution >= 0.6 is 0 Å². The molecule has 0 fully saturated rings. The summed E-state index contributed by atoms with van der Waals surface area (Å²) in [6.45, 7) is 15.4. The van der Waals surface area contributed by atoms with Crippen LogP contribution in [0.15, 0.2) is 24.8 Å². The van der Waals surface area contributed by atoms with Gasteiger partial charge in [0, 0.05) is 18.7 Å². The molecule has 0 aliphatic carbocycles. The molecular formula is C17H31NO2. The summed E-state index contributed by atoms with van der Waals surface area (Å²) in [7, 11) is 0. The molecule has 0 amide bonds. The van der Waals surface area contributed by atoms with Crippen molar-refractivity contribution in [3.05, 3.63) is 24.8 Å². The number of esters is 1. The predicted molar refractivity (Wildman–Crippen MR) is 85.5 cm³/mol. The molecule has 20 heavy (non-hydrogen) atoms. The number of rotatable bonds is 12. The van der Waals surface area contributed by atoms with Gasteiger partial charge in [-0.25, -0.2) is 4.79 Å². The number of carbonyl (C=O) groups is 1. The average Bonchev–Trinajstić information content (AvgIpc) is 2.43. The van der Waals surface area contributed by atoms with E-state index < -0.39 is 0 Å². The summed E-state index contributed by atoms with van der Waals surface area (Å²) >= 11 is 0. The van der Waals surface area contributed by atoms with Gasteiger partial charge in [-0.1, -0.05) is 52.7 Å². The number of unbranched alkanes of at least 4 members (excludes halogenated alkanes) is 4. The van der Waals surface area contributed by atoms with Crippen molar-refractivity contribution in [2.24, 2.45) is 0 Å². The van der Waals surface area contributed by atoms with Crippen molar-refractivity contribution in [1.29, 1.82) is 0 Å². The Morgan fingerprint density at radius 2 is 1.65 bits per heavy atom. The molecule has 0 aromatic rings. The maximum Gasteiger partial charge on any atom is 0.334 e. The molecule has 3 heteroatoms. The molecule has 0 radical (unpaired) electrons. The molecule has 0 N–H and O–H groups in total. The van der Waals surface area contributed by atoms with Crippen molar-refractivity contribution in [3.8, 4) is 0 Å². The highest BCUT2D eigenvalue weighted by molar-refractivity contribution is 5.87. The van der Waals surface area contributed by atoms with Gasteiger partial charge in [0.2, 0.25) is 0 Å². The van der Waals surface area contributed by atoms with Crippen LogP contribution < -0.4 is 0 Å². The van der Waals surface area contributed by atoms with Crippen molar-refractivity contribution in [2.45, 2.75) is 65.5 Å². The summed E-state index contributed by atoms with van der Waals surface area (Å²) in [4.78, 5) is 13.9. The van der Waals surface area contributed by atoms with Crippen molar-refractivity contribution in [1.82, 2.24) is 4.90 Å². The smallest absolute Gasteiger partial charge is 0.334 e. The molecule has 0 aromatic carbocycles. The number of nitrogens with zero attached hydrogens (tertiary/aromatic N) is 1. The van der Waals surface area contributed by atoms with E-state index >= 15 is 0 Å². The zero-order chi connectivity index (χ0) is 15.4. The van der Waals surface area contributed by atoms with E-state index in [1.807, 2.05) is 0 Å². The minimum absolute atomic E-state index is 0.340. The number of hydrogen-bond donors (Lipinski definition) is 0. The van der Waals surface area contributed by atoms with Crippen LogP contribution in [0.25, 0.3) is 0 Å². The van der Waals surface area contributed by atoms with E-state index in [1.165, 1.54) is 25.7 Å². The molecule has 0 saturated carbocycles. The molecule has 0 bridgehead atoms. The summed E-state index contributed by atoms with van der Waals surface area (Å²) < 4.78 is 5.45. The van der Waals surface area contributed by atoms with Gasteiger partial charge >= 0.3 is 5.97 Å². The third-order valence-corrected chi connectivity index (χ3v) is 3.24. The van der Waals surface area contributed by atoms with Crippen LogP contribution in [0.1, 0.15) is 59.3 Å². The Morgan fingerprint density at radius 1 is 1.15 bits per heavy atom. The van der Waals surface area contributed by atoms with Crippen LogP contribution in [0.5, 0.6) is 0 Å². The van der Waals surface area contributed by atoms with E-state index in [0.29, 0.717) is 5.57 Å². The molecule has 3 nitrogen and oxygen atoms in total. The maximum absolute atomic E-state index is 11.7. The fraction of sp³-hybridized carbons (Fsp3) is 0.706. The highest BCUT2D eigenvalue weighted by atomic mass is 16.6. The molecule has 0 saturated heterocycles. The Balaban J connectivity index is 4.52. The first-order chi connectivity index (χ1) is 9.56. The Kier molecular flexibility index (Phi) is 11.1. The van der Waals surface area contributed by atoms with Crippen LogP contribution in [0, 0.1) is 0 Å². The third-order valence-electron chi connectivity index (χ3n) is 3.24. The fourth-order valence-electron chi connectivity index (χ4n) is 1.98. The topological polar surface area (TPSA) is 29.5 Å². The molecule has 1 unspecified atom stereocenters. The molecule has 1 atom stereocenters. The van der Waals surface area contributed by atoms with Crippen LogP contribution in [0.3, 0.4) is 0 Å². The first-order valence-electron chi connectivity index (χ1n) is 7.79. The highest BCUT2D eigenvalue weighted by Crippen LogP contribution is 2.11. The van der Waals surface area contributed by atoms with E-state index in [-0.39, 0.29) is 12.2 Å². The Bertz CT molecular complexity index is 289. The first kappa shape index (κ1) is 18.9. The number of hydrogen-bond acceptors (Lipinski definition) is 3. The minimum Gasteiger partial charge on any atom is -0.439 e. The molecule has 0 heterocycles. The second kappa shape index (κ2) is 11.7. The second-order valence-electron chi connectivity index (χ2n) is 5.26. The Hall–Kier alpha value is -1.09. The molecule has 0 aliphatic rings. The average molecular weight is 281 g/mol. The molecule has 116 valence electrons. The Morgan fingerprint density at radius 3 is 2.00 bits per heavy atom. The van der Waals surface area contributed by atoms with Crippen molar-refractivity contribution >= 4 is 5.97 Å². The first-order valence-corrected chi connectivity index (χ1v) is 7.79. The zero-order valence-corrected chi connectivity index (χ0v) is 13.5. The summed E-state index contributed by atoms with van der Waals surface area (Å²) in [5.41, 5.74) is 0.430. The van der Waals surface area contributed by atoms with Gasteiger partial charge in [-0.3, -0.25) is 4.90 Å². The maximum atomic E-state index is 11.7. The summed E-state index contributed by atoms with van der Waals surface area (Å²) in [5, 5.41) is 0. The minimum atomic E-state index is -0.342. The van der Waals surface area contributed by atoms with Crippen molar-refractivity contribution in [3.63, 3.8) is 0 Å². The summed E-state index contributed by atoms with van der Waals surface area (Å²) in [6, 6.07) is 0. The lowest BCUT2D eigenvalue weighted by atomic mass is 10.2. The van der Waals surface area contributed by atoms with Crippen LogP contribution in [0.2, 0.25) is 0 Å². The molecule has 0 aromatic heterocycles. The normalized spacial score (nSPS) is 12.2. The number of ether oxygens (including phenoxy) is 1. The lowest BCUT2D eigenvalue weighted by molar-refractivity contribution is -0.150. The lowest BCUT2D eigenvalue weighted by Crippen LogP contribution is -2.39. The second-order valence-corrected chi connectivity index (χ2v) is 5.26. The predicted octanol–water partition coefficient (Wildman–Crippen LogP) is 4.30. The quantitative estimate of drug-likeness (QED) is 0.176. The van der Waals surface area contributed by atoms with Gasteiger partial charge < -0.3 is 4.74 Å². The third kappa shape index (κ3) is 8.16. The van der Waals surface area contributed by atoms with Gasteiger partial charge in [-0.2, -0.15) is 0 Å². The van der Waals surface area contributed by atoms with Crippen molar-refractivity contribution in [2.75, 3.05) is 13.1 Å². The van der Waals surface area contributed by atoms with E-state index in [0.717, 1.165) is 25.9 Å². The van der Waals surface area contributed by atoms with Gasteiger partial charge in [0.1, 0.15) is 0 Å². The fourth-order valence-corrected chi connectivity index (χ4v) is 1.98. The van der Waals surface area contributed by atoms with Gasteiger partial charge in [-0.05, 0) is 25.8 Å². The van der Waals surface area contributed by atoms with E-state index in [2.05, 4.69) is 31.9 Å². The Labute approximate surface area is 124 Å². The van der Waals surface area contributed by atoms with E-state index in [4.69, 9.17) is 4.74 Å². The number of carbonyl (C=O) groups excluding carboxylic acids is 1. The van der Waals surface area contributed by atoms with Crippen LogP contribution in [0.4, 0.5) is 0 Å². The van der Waals surface area contributed by atoms with Crippen LogP contribution in [-0.2, 0) is 9.53 Å². The largest absolute Gasteiger partial charge is 0.439 e. The summed E-state index contributed by atoms with van der Waals surface area (Å²) in [6.07, 6.45) is 8.38. The highest BCUT2D eigenvalue weighted by Gasteiger charge is 2.19. The van der Waals surface area contributed by atoms with Gasteiger partial charge in [0.05, 0.1) is 0 Å². The zero-order valence-electron chi connectivity index (χ0n) is 13.5. The SMILES string of the molecule is C=CC(OC(=O)C(=C)C)N(CCCCC)CCCCC. The molecule has 0 rings (SSSR count). The van der Waals surface area contributed by atoms with Gasteiger partial charge in [0.25, 0.3) is 0 Å². The van der Waals surface area contributed by atoms with E-state index in [9.17, 15) is 4.79 Å². The van der Waals surface area contributed by atoms with Crippen LogP contribution in [-0.4, -0.2) is 30.2 Å². The lowest BCUT2D eigenvalue weighted by Gasteiger charge is -2.29. The summed E-state index contributed by atoms with van der Waals surface area (Å²) in [5.74, 6) is -0.342. The van der Waals surface area contributed by atoms with Gasteiger partial charge in [-0.15, -0.1) is 0 Å². The molecular weight excluding hydrogens is 250 g/mol. The van der Waals surface area contributed by atoms with E-state index in [1.54, 1.807) is 13.0 Å². The molecule has 0 aliphatic heterocycles. The molecule has 0 spiro atoms.